The van der Waals surface area contributed by atoms with Crippen LogP contribution in [0.15, 0.2) is 11.6 Å². The Kier molecular flexibility index (Phi) is 4.71. The fraction of sp³-hybridized carbons (Fsp3) is 0.429. The van der Waals surface area contributed by atoms with Gasteiger partial charge in [0, 0.05) is 18.1 Å². The van der Waals surface area contributed by atoms with Crippen LogP contribution in [-0.4, -0.2) is 38.7 Å². The summed E-state index contributed by atoms with van der Waals surface area (Å²) >= 11 is 0. The Labute approximate surface area is 73.7 Å². The SMILES string of the molecule is O=C(O)/C=C(/CCC(O)O)C(=O)O. The lowest BCUT2D eigenvalue weighted by Gasteiger charge is -2.02. The first-order valence-electron chi connectivity index (χ1n) is 3.46. The highest BCUT2D eigenvalue weighted by Crippen LogP contribution is 2.06. The second-order valence-corrected chi connectivity index (χ2v) is 2.33. The summed E-state index contributed by atoms with van der Waals surface area (Å²) in [6.45, 7) is 0. The highest BCUT2D eigenvalue weighted by Gasteiger charge is 2.10. The largest absolute Gasteiger partial charge is 0.478 e. The number of aliphatic carboxylic acids is 2. The van der Waals surface area contributed by atoms with Crippen LogP contribution in [0.5, 0.6) is 0 Å². The van der Waals surface area contributed by atoms with Crippen LogP contribution in [0.2, 0.25) is 0 Å². The lowest BCUT2D eigenvalue weighted by Crippen LogP contribution is -2.09. The van der Waals surface area contributed by atoms with E-state index in [0.29, 0.717) is 6.08 Å². The summed E-state index contributed by atoms with van der Waals surface area (Å²) in [6.07, 6.45) is -1.49. The van der Waals surface area contributed by atoms with Crippen LogP contribution in [-0.2, 0) is 9.59 Å². The van der Waals surface area contributed by atoms with Crippen molar-refractivity contribution in [1.29, 1.82) is 0 Å². The number of hydrogen-bond acceptors (Lipinski definition) is 4. The van der Waals surface area contributed by atoms with Crippen LogP contribution in [0, 0.1) is 0 Å². The van der Waals surface area contributed by atoms with E-state index in [-0.39, 0.29) is 18.4 Å². The molecule has 0 aromatic carbocycles. The van der Waals surface area contributed by atoms with E-state index in [1.807, 2.05) is 0 Å². The quantitative estimate of drug-likeness (QED) is 0.332. The first-order valence-corrected chi connectivity index (χ1v) is 3.46. The molecule has 0 bridgehead atoms. The zero-order valence-electron chi connectivity index (χ0n) is 6.67. The molecule has 74 valence electrons. The molecule has 13 heavy (non-hydrogen) atoms. The third kappa shape index (κ3) is 5.83. The van der Waals surface area contributed by atoms with Gasteiger partial charge < -0.3 is 20.4 Å². The second kappa shape index (κ2) is 5.28. The topological polar surface area (TPSA) is 115 Å². The summed E-state index contributed by atoms with van der Waals surface area (Å²) in [5, 5.41) is 33.5. The average molecular weight is 190 g/mol. The number of rotatable bonds is 5. The van der Waals surface area contributed by atoms with Gasteiger partial charge >= 0.3 is 11.9 Å². The van der Waals surface area contributed by atoms with Crippen LogP contribution < -0.4 is 0 Å². The van der Waals surface area contributed by atoms with Gasteiger partial charge in [0.05, 0.1) is 0 Å². The first kappa shape index (κ1) is 11.6. The molecular formula is C7H10O6. The smallest absolute Gasteiger partial charge is 0.331 e. The Bertz CT molecular complexity index is 229. The minimum absolute atomic E-state index is 0.195. The first-order chi connectivity index (χ1) is 5.93. The van der Waals surface area contributed by atoms with Crippen molar-refractivity contribution in [2.45, 2.75) is 19.1 Å². The zero-order chi connectivity index (χ0) is 10.4. The third-order valence-electron chi connectivity index (χ3n) is 1.24. The average Bonchev–Trinajstić information content (AvgIpc) is 1.96. The molecule has 4 N–H and O–H groups in total. The summed E-state index contributed by atoms with van der Waals surface area (Å²) in [6, 6.07) is 0. The highest BCUT2D eigenvalue weighted by atomic mass is 16.5. The van der Waals surface area contributed by atoms with Gasteiger partial charge in [-0.15, -0.1) is 0 Å². The molecule has 0 unspecified atom stereocenters. The minimum Gasteiger partial charge on any atom is -0.478 e. The summed E-state index contributed by atoms with van der Waals surface area (Å²) in [4.78, 5) is 20.4. The van der Waals surface area contributed by atoms with Crippen molar-refractivity contribution >= 4 is 11.9 Å². The van der Waals surface area contributed by atoms with Crippen molar-refractivity contribution in [3.05, 3.63) is 11.6 Å². The Morgan fingerprint density at radius 1 is 1.23 bits per heavy atom. The lowest BCUT2D eigenvalue weighted by atomic mass is 10.1. The van der Waals surface area contributed by atoms with Gasteiger partial charge in [-0.3, -0.25) is 0 Å². The number of carbonyl (C=O) groups is 2. The van der Waals surface area contributed by atoms with Crippen LogP contribution in [0.25, 0.3) is 0 Å². The minimum atomic E-state index is -1.63. The van der Waals surface area contributed by atoms with E-state index in [9.17, 15) is 9.59 Å². The van der Waals surface area contributed by atoms with Crippen LogP contribution in [0.3, 0.4) is 0 Å². The maximum Gasteiger partial charge on any atom is 0.331 e. The van der Waals surface area contributed by atoms with Gasteiger partial charge in [-0.05, 0) is 6.42 Å². The van der Waals surface area contributed by atoms with Crippen LogP contribution in [0.1, 0.15) is 12.8 Å². The lowest BCUT2D eigenvalue weighted by molar-refractivity contribution is -0.135. The molecule has 0 fully saturated rings. The van der Waals surface area contributed by atoms with Crippen LogP contribution >= 0.6 is 0 Å². The van der Waals surface area contributed by atoms with Gasteiger partial charge in [-0.25, -0.2) is 9.59 Å². The molecule has 0 saturated heterocycles. The Hall–Kier alpha value is -1.40. The second-order valence-electron chi connectivity index (χ2n) is 2.33. The van der Waals surface area contributed by atoms with E-state index >= 15 is 0 Å². The van der Waals surface area contributed by atoms with Crippen molar-refractivity contribution < 1.29 is 30.0 Å². The molecule has 0 aliphatic carbocycles. The van der Waals surface area contributed by atoms with Gasteiger partial charge in [-0.1, -0.05) is 0 Å². The molecular weight excluding hydrogens is 180 g/mol. The van der Waals surface area contributed by atoms with Crippen molar-refractivity contribution in [3.63, 3.8) is 0 Å². The fourth-order valence-corrected chi connectivity index (χ4v) is 0.674. The van der Waals surface area contributed by atoms with E-state index in [2.05, 4.69) is 0 Å². The monoisotopic (exact) mass is 190 g/mol. The molecule has 0 amide bonds. The maximum absolute atomic E-state index is 10.4. The van der Waals surface area contributed by atoms with E-state index in [4.69, 9.17) is 20.4 Å². The molecule has 0 aliphatic heterocycles. The third-order valence-corrected chi connectivity index (χ3v) is 1.24. The number of carboxylic acid groups (broad SMARTS) is 2. The highest BCUT2D eigenvalue weighted by molar-refractivity contribution is 5.94. The van der Waals surface area contributed by atoms with Crippen LogP contribution in [0.4, 0.5) is 0 Å². The predicted octanol–water partition coefficient (Wildman–Crippen LogP) is -0.827. The van der Waals surface area contributed by atoms with E-state index in [1.54, 1.807) is 0 Å². The van der Waals surface area contributed by atoms with Gasteiger partial charge in [-0.2, -0.15) is 0 Å². The van der Waals surface area contributed by atoms with E-state index in [1.165, 1.54) is 0 Å². The molecule has 0 radical (unpaired) electrons. The Balaban J connectivity index is 4.28. The molecule has 6 heteroatoms. The summed E-state index contributed by atoms with van der Waals surface area (Å²) in [7, 11) is 0. The molecule has 0 spiro atoms. The van der Waals surface area contributed by atoms with Gasteiger partial charge in [0.15, 0.2) is 6.29 Å². The molecule has 0 rings (SSSR count). The van der Waals surface area contributed by atoms with E-state index in [0.717, 1.165) is 0 Å². The number of hydrogen-bond donors (Lipinski definition) is 4. The maximum atomic E-state index is 10.4. The van der Waals surface area contributed by atoms with E-state index < -0.39 is 18.2 Å². The zero-order valence-corrected chi connectivity index (χ0v) is 6.67. The summed E-state index contributed by atoms with van der Waals surface area (Å²) in [5.74, 6) is -2.74. The summed E-state index contributed by atoms with van der Waals surface area (Å²) < 4.78 is 0. The molecule has 0 aromatic rings. The number of carboxylic acids is 2. The van der Waals surface area contributed by atoms with Gasteiger partial charge in [0.2, 0.25) is 0 Å². The number of aliphatic hydroxyl groups excluding tert-OH is 1. The van der Waals surface area contributed by atoms with Gasteiger partial charge in [0.25, 0.3) is 0 Å². The molecule has 0 aliphatic rings. The number of aliphatic hydroxyl groups is 2. The Morgan fingerprint density at radius 2 is 1.77 bits per heavy atom. The predicted molar refractivity (Wildman–Crippen MR) is 40.8 cm³/mol. The van der Waals surface area contributed by atoms with Gasteiger partial charge in [0.1, 0.15) is 0 Å². The van der Waals surface area contributed by atoms with Crippen molar-refractivity contribution in [1.82, 2.24) is 0 Å². The molecule has 0 atom stereocenters. The van der Waals surface area contributed by atoms with Crippen molar-refractivity contribution in [2.75, 3.05) is 0 Å². The van der Waals surface area contributed by atoms with Crippen molar-refractivity contribution in [3.8, 4) is 0 Å². The molecule has 0 aromatic heterocycles. The molecule has 0 heterocycles. The fourth-order valence-electron chi connectivity index (χ4n) is 0.674. The normalized spacial score (nSPS) is 11.8. The molecule has 0 saturated carbocycles. The Morgan fingerprint density at radius 3 is 2.08 bits per heavy atom. The van der Waals surface area contributed by atoms with Crippen molar-refractivity contribution in [2.24, 2.45) is 0 Å². The standard InChI is InChI=1S/C7H10O6/c8-5(9)2-1-4(7(12)13)3-6(10)11/h3,5,8-9H,1-2H2,(H,10,11)(H,12,13)/b4-3-. The summed E-state index contributed by atoms with van der Waals surface area (Å²) in [5.41, 5.74) is -0.361. The molecule has 6 nitrogen and oxygen atoms in total.